The molecule has 0 fully saturated rings. The van der Waals surface area contributed by atoms with E-state index in [1.807, 2.05) is 31.2 Å². The molecule has 0 aliphatic rings. The Morgan fingerprint density at radius 1 is 1.10 bits per heavy atom. The van der Waals surface area contributed by atoms with Crippen molar-refractivity contribution >= 4 is 17.7 Å². The Kier molecular flexibility index (Phi) is 6.04. The predicted octanol–water partition coefficient (Wildman–Crippen LogP) is 2.43. The molecule has 0 amide bonds. The van der Waals surface area contributed by atoms with Crippen LogP contribution >= 0.6 is 0 Å². The Bertz CT molecular complexity index is 1080. The molecule has 0 unspecified atom stereocenters. The van der Waals surface area contributed by atoms with Gasteiger partial charge in [-0.05, 0) is 43.2 Å². The molecule has 30 heavy (non-hydrogen) atoms. The van der Waals surface area contributed by atoms with Gasteiger partial charge < -0.3 is 24.9 Å². The molecule has 3 aromatic heterocycles. The average Bonchev–Trinajstić information content (AvgIpc) is 3.42. The normalized spacial score (nSPS) is 11.1. The number of nitrogens with zero attached hydrogens (tertiary/aromatic N) is 5. The van der Waals surface area contributed by atoms with Crippen molar-refractivity contribution in [2.24, 2.45) is 0 Å². The first-order valence-corrected chi connectivity index (χ1v) is 9.70. The van der Waals surface area contributed by atoms with Crippen molar-refractivity contribution in [3.63, 3.8) is 0 Å². The van der Waals surface area contributed by atoms with Crippen LogP contribution in [0.3, 0.4) is 0 Å². The second-order valence-electron chi connectivity index (χ2n) is 6.40. The predicted molar refractivity (Wildman–Crippen MR) is 111 cm³/mol. The number of furan rings is 1. The zero-order chi connectivity index (χ0) is 20.8. The summed E-state index contributed by atoms with van der Waals surface area (Å²) in [7, 11) is 0. The van der Waals surface area contributed by atoms with E-state index in [0.717, 1.165) is 17.7 Å². The zero-order valence-corrected chi connectivity index (χ0v) is 16.6. The molecule has 0 saturated carbocycles. The molecule has 3 N–H and O–H groups in total. The van der Waals surface area contributed by atoms with Crippen LogP contribution in [0, 0.1) is 0 Å². The molecular weight excluding hydrogens is 386 g/mol. The number of benzene rings is 1. The molecule has 0 radical (unpaired) electrons. The molecule has 0 atom stereocenters. The van der Waals surface area contributed by atoms with Crippen LogP contribution in [0.5, 0.6) is 5.75 Å². The topological polar surface area (TPSA) is 126 Å². The lowest BCUT2D eigenvalue weighted by Gasteiger charge is -2.08. The first kappa shape index (κ1) is 19.6. The van der Waals surface area contributed by atoms with Gasteiger partial charge in [-0.1, -0.05) is 12.1 Å². The van der Waals surface area contributed by atoms with Gasteiger partial charge in [0.2, 0.25) is 17.7 Å². The third-order valence-electron chi connectivity index (χ3n) is 4.30. The molecule has 0 aliphatic carbocycles. The van der Waals surface area contributed by atoms with E-state index >= 15 is 0 Å². The number of anilines is 2. The van der Waals surface area contributed by atoms with Gasteiger partial charge >= 0.3 is 0 Å². The second-order valence-corrected chi connectivity index (χ2v) is 6.40. The quantitative estimate of drug-likeness (QED) is 0.380. The number of nitrogens with one attached hydrogen (secondary N) is 1. The number of fused-ring (bicyclic) bond motifs is 1. The monoisotopic (exact) mass is 409 g/mol. The minimum Gasteiger partial charge on any atom is -0.491 e. The number of aromatic nitrogens is 5. The minimum absolute atomic E-state index is 0.196. The van der Waals surface area contributed by atoms with E-state index in [1.54, 1.807) is 18.4 Å². The molecule has 10 heteroatoms. The van der Waals surface area contributed by atoms with Crippen molar-refractivity contribution in [1.82, 2.24) is 24.6 Å². The lowest BCUT2D eigenvalue weighted by atomic mass is 10.1. The van der Waals surface area contributed by atoms with Gasteiger partial charge in [-0.3, -0.25) is 0 Å². The molecule has 156 valence electrons. The smallest absolute Gasteiger partial charge is 0.259 e. The van der Waals surface area contributed by atoms with E-state index in [9.17, 15) is 0 Å². The summed E-state index contributed by atoms with van der Waals surface area (Å²) in [4.78, 5) is 13.0. The summed E-state index contributed by atoms with van der Waals surface area (Å²) in [6, 6.07) is 11.5. The van der Waals surface area contributed by atoms with Gasteiger partial charge in [0.1, 0.15) is 12.4 Å². The molecule has 0 bridgehead atoms. The van der Waals surface area contributed by atoms with Crippen LogP contribution in [0.4, 0.5) is 11.9 Å². The maximum absolute atomic E-state index is 6.00. The Morgan fingerprint density at radius 2 is 1.97 bits per heavy atom. The van der Waals surface area contributed by atoms with Crippen LogP contribution in [0.15, 0.2) is 47.1 Å². The van der Waals surface area contributed by atoms with E-state index in [0.29, 0.717) is 49.7 Å². The molecular formula is C20H23N7O3. The summed E-state index contributed by atoms with van der Waals surface area (Å²) in [5.41, 5.74) is 7.16. The largest absolute Gasteiger partial charge is 0.491 e. The minimum atomic E-state index is 0.196. The van der Waals surface area contributed by atoms with Crippen LogP contribution in [-0.4, -0.2) is 50.9 Å². The molecule has 1 aromatic carbocycles. The average molecular weight is 409 g/mol. The Morgan fingerprint density at radius 3 is 2.73 bits per heavy atom. The van der Waals surface area contributed by atoms with Crippen molar-refractivity contribution in [3.8, 4) is 17.3 Å². The standard InChI is InChI=1S/C20H23N7O3/c1-2-28-12-13-29-15-7-5-14(6-8-15)9-10-22-19-24-18(21)27-20(25-19)23-17(26-27)16-4-3-11-30-16/h3-8,11H,2,9-10,12-13H2,1H3,(H3,21,22,23,24,25,26). The van der Waals surface area contributed by atoms with Crippen molar-refractivity contribution < 1.29 is 13.9 Å². The van der Waals surface area contributed by atoms with Crippen LogP contribution in [-0.2, 0) is 11.2 Å². The molecule has 3 heterocycles. The van der Waals surface area contributed by atoms with Gasteiger partial charge in [0.25, 0.3) is 5.78 Å². The fourth-order valence-electron chi connectivity index (χ4n) is 2.83. The van der Waals surface area contributed by atoms with Crippen LogP contribution in [0.2, 0.25) is 0 Å². The number of nitrogens with two attached hydrogens (primary N) is 1. The van der Waals surface area contributed by atoms with E-state index in [2.05, 4.69) is 25.4 Å². The fourth-order valence-corrected chi connectivity index (χ4v) is 2.83. The first-order valence-electron chi connectivity index (χ1n) is 9.70. The molecule has 10 nitrogen and oxygen atoms in total. The third kappa shape index (κ3) is 4.66. The second kappa shape index (κ2) is 9.23. The molecule has 4 rings (SSSR count). The summed E-state index contributed by atoms with van der Waals surface area (Å²) in [5.74, 6) is 2.72. The highest BCUT2D eigenvalue weighted by Gasteiger charge is 2.13. The van der Waals surface area contributed by atoms with Crippen LogP contribution in [0.25, 0.3) is 17.4 Å². The number of hydrogen-bond acceptors (Lipinski definition) is 9. The fraction of sp³-hybridized carbons (Fsp3) is 0.300. The Balaban J connectivity index is 1.33. The number of ether oxygens (including phenoxy) is 2. The Labute approximate surface area is 173 Å². The van der Waals surface area contributed by atoms with Crippen molar-refractivity contribution in [2.45, 2.75) is 13.3 Å². The number of rotatable bonds is 10. The van der Waals surface area contributed by atoms with Crippen molar-refractivity contribution in [2.75, 3.05) is 37.4 Å². The summed E-state index contributed by atoms with van der Waals surface area (Å²) in [6.07, 6.45) is 2.35. The third-order valence-corrected chi connectivity index (χ3v) is 4.30. The summed E-state index contributed by atoms with van der Waals surface area (Å²) in [5, 5.41) is 7.46. The number of nitrogen functional groups attached to an aromatic ring is 1. The summed E-state index contributed by atoms with van der Waals surface area (Å²) in [6.45, 7) is 4.43. The summed E-state index contributed by atoms with van der Waals surface area (Å²) < 4.78 is 17.6. The maximum Gasteiger partial charge on any atom is 0.259 e. The van der Waals surface area contributed by atoms with Crippen LogP contribution < -0.4 is 15.8 Å². The molecule has 4 aromatic rings. The SMILES string of the molecule is CCOCCOc1ccc(CCNc2nc(N)n3nc(-c4ccco4)nc3n2)cc1. The van der Waals surface area contributed by atoms with E-state index in [1.165, 1.54) is 4.52 Å². The highest BCUT2D eigenvalue weighted by Crippen LogP contribution is 2.18. The van der Waals surface area contributed by atoms with E-state index in [-0.39, 0.29) is 5.95 Å². The van der Waals surface area contributed by atoms with Crippen molar-refractivity contribution in [1.29, 1.82) is 0 Å². The lowest BCUT2D eigenvalue weighted by Crippen LogP contribution is -2.12. The first-order chi connectivity index (χ1) is 14.7. The maximum atomic E-state index is 6.00. The van der Waals surface area contributed by atoms with Gasteiger partial charge in [-0.25, -0.2) is 0 Å². The van der Waals surface area contributed by atoms with Crippen molar-refractivity contribution in [3.05, 3.63) is 48.2 Å². The van der Waals surface area contributed by atoms with Gasteiger partial charge in [0, 0.05) is 13.2 Å². The summed E-state index contributed by atoms with van der Waals surface area (Å²) >= 11 is 0. The highest BCUT2D eigenvalue weighted by molar-refractivity contribution is 5.52. The molecule has 0 aliphatic heterocycles. The lowest BCUT2D eigenvalue weighted by molar-refractivity contribution is 0.110. The molecule has 0 spiro atoms. The van der Waals surface area contributed by atoms with Gasteiger partial charge in [-0.15, -0.1) is 5.10 Å². The number of hydrogen-bond donors (Lipinski definition) is 2. The van der Waals surface area contributed by atoms with Gasteiger partial charge in [0.15, 0.2) is 5.76 Å². The Hall–Kier alpha value is -3.66. The van der Waals surface area contributed by atoms with Gasteiger partial charge in [-0.2, -0.15) is 19.5 Å². The van der Waals surface area contributed by atoms with E-state index in [4.69, 9.17) is 19.6 Å². The highest BCUT2D eigenvalue weighted by atomic mass is 16.5. The van der Waals surface area contributed by atoms with E-state index < -0.39 is 0 Å². The zero-order valence-electron chi connectivity index (χ0n) is 16.6. The molecule has 0 saturated heterocycles. The van der Waals surface area contributed by atoms with Gasteiger partial charge in [0.05, 0.1) is 12.9 Å². The van der Waals surface area contributed by atoms with Crippen LogP contribution in [0.1, 0.15) is 12.5 Å².